The SMILES string of the molecule is CC1(C)CC1n1c(O)c(-c2cccc(F)c2)c(=O)[nH]c1=O. The van der Waals surface area contributed by atoms with E-state index >= 15 is 0 Å². The topological polar surface area (TPSA) is 75.1 Å². The number of hydrogen-bond donors (Lipinski definition) is 2. The fraction of sp³-hybridized carbons (Fsp3) is 0.333. The molecule has 1 heterocycles. The summed E-state index contributed by atoms with van der Waals surface area (Å²) in [7, 11) is 0. The molecule has 1 fully saturated rings. The summed E-state index contributed by atoms with van der Waals surface area (Å²) in [5, 5.41) is 10.4. The first kappa shape index (κ1) is 13.6. The summed E-state index contributed by atoms with van der Waals surface area (Å²) in [6.07, 6.45) is 0.731. The summed E-state index contributed by atoms with van der Waals surface area (Å²) >= 11 is 0. The molecule has 1 aliphatic rings. The minimum atomic E-state index is -0.724. The molecule has 1 aromatic heterocycles. The maximum absolute atomic E-state index is 13.3. The third-order valence-electron chi connectivity index (χ3n) is 4.00. The molecule has 0 spiro atoms. The van der Waals surface area contributed by atoms with Crippen LogP contribution in [0.15, 0.2) is 33.9 Å². The zero-order chi connectivity index (χ0) is 15.4. The van der Waals surface area contributed by atoms with Gasteiger partial charge in [-0.1, -0.05) is 26.0 Å². The van der Waals surface area contributed by atoms with Gasteiger partial charge in [-0.05, 0) is 29.5 Å². The van der Waals surface area contributed by atoms with Crippen molar-refractivity contribution >= 4 is 0 Å². The second-order valence-electron chi connectivity index (χ2n) is 6.05. The molecule has 0 amide bonds. The zero-order valence-electron chi connectivity index (χ0n) is 11.7. The smallest absolute Gasteiger partial charge is 0.331 e. The number of nitrogens with one attached hydrogen (secondary N) is 1. The van der Waals surface area contributed by atoms with Crippen molar-refractivity contribution in [2.45, 2.75) is 26.3 Å². The Morgan fingerprint density at radius 1 is 1.38 bits per heavy atom. The van der Waals surface area contributed by atoms with E-state index in [1.165, 1.54) is 22.8 Å². The lowest BCUT2D eigenvalue weighted by Crippen LogP contribution is -2.31. The number of benzene rings is 1. The van der Waals surface area contributed by atoms with Crippen LogP contribution in [0.3, 0.4) is 0 Å². The van der Waals surface area contributed by atoms with Gasteiger partial charge in [0.1, 0.15) is 11.4 Å². The molecule has 110 valence electrons. The molecule has 6 heteroatoms. The highest BCUT2D eigenvalue weighted by atomic mass is 19.1. The molecule has 0 aliphatic heterocycles. The van der Waals surface area contributed by atoms with Crippen molar-refractivity contribution in [3.8, 4) is 17.0 Å². The average Bonchev–Trinajstić information content (AvgIpc) is 2.97. The molecule has 2 aromatic rings. The van der Waals surface area contributed by atoms with E-state index in [0.717, 1.165) is 12.5 Å². The molecule has 0 saturated heterocycles. The number of rotatable bonds is 2. The van der Waals surface area contributed by atoms with Crippen LogP contribution in [0.5, 0.6) is 5.88 Å². The maximum atomic E-state index is 13.3. The summed E-state index contributed by atoms with van der Waals surface area (Å²) in [4.78, 5) is 26.1. The van der Waals surface area contributed by atoms with Crippen molar-refractivity contribution < 1.29 is 9.50 Å². The van der Waals surface area contributed by atoms with Crippen LogP contribution in [-0.2, 0) is 0 Å². The second-order valence-corrected chi connectivity index (χ2v) is 6.05. The molecule has 5 nitrogen and oxygen atoms in total. The summed E-state index contributed by atoms with van der Waals surface area (Å²) in [6, 6.07) is 5.18. The van der Waals surface area contributed by atoms with Crippen molar-refractivity contribution in [1.82, 2.24) is 9.55 Å². The van der Waals surface area contributed by atoms with Crippen molar-refractivity contribution in [3.63, 3.8) is 0 Å². The molecule has 2 N–H and O–H groups in total. The van der Waals surface area contributed by atoms with Crippen LogP contribution >= 0.6 is 0 Å². The standard InChI is InChI=1S/C15H15FN2O3/c1-15(2)7-10(15)18-13(20)11(12(19)17-14(18)21)8-4-3-5-9(16)6-8/h3-6,10,20H,7H2,1-2H3,(H,17,19,21). The first-order valence-electron chi connectivity index (χ1n) is 6.65. The van der Waals surface area contributed by atoms with E-state index in [1.807, 2.05) is 13.8 Å². The van der Waals surface area contributed by atoms with Gasteiger partial charge in [-0.3, -0.25) is 14.3 Å². The van der Waals surface area contributed by atoms with E-state index in [0.29, 0.717) is 0 Å². The quantitative estimate of drug-likeness (QED) is 0.888. The zero-order valence-corrected chi connectivity index (χ0v) is 11.7. The predicted molar refractivity (Wildman–Crippen MR) is 75.8 cm³/mol. The Hall–Kier alpha value is -2.37. The van der Waals surface area contributed by atoms with Gasteiger partial charge in [0, 0.05) is 6.04 Å². The largest absolute Gasteiger partial charge is 0.494 e. The minimum Gasteiger partial charge on any atom is -0.494 e. The summed E-state index contributed by atoms with van der Waals surface area (Å²) in [6.45, 7) is 3.94. The summed E-state index contributed by atoms with van der Waals surface area (Å²) in [5.41, 5.74) is -1.33. The first-order chi connectivity index (χ1) is 9.81. The van der Waals surface area contributed by atoms with Gasteiger partial charge in [-0.25, -0.2) is 9.18 Å². The number of aromatic nitrogens is 2. The van der Waals surface area contributed by atoms with Gasteiger partial charge in [0.2, 0.25) is 5.88 Å². The van der Waals surface area contributed by atoms with Gasteiger partial charge in [-0.15, -0.1) is 0 Å². The van der Waals surface area contributed by atoms with Crippen molar-refractivity contribution in [2.75, 3.05) is 0 Å². The second kappa shape index (κ2) is 4.31. The Bertz CT molecular complexity index is 836. The fourth-order valence-corrected chi connectivity index (χ4v) is 2.61. The third-order valence-corrected chi connectivity index (χ3v) is 4.00. The van der Waals surface area contributed by atoms with Crippen molar-refractivity contribution in [2.24, 2.45) is 5.41 Å². The number of aromatic amines is 1. The molecule has 1 unspecified atom stereocenters. The highest BCUT2D eigenvalue weighted by Crippen LogP contribution is 2.56. The molecule has 0 bridgehead atoms. The van der Waals surface area contributed by atoms with Crippen LogP contribution < -0.4 is 11.2 Å². The van der Waals surface area contributed by atoms with E-state index in [9.17, 15) is 19.1 Å². The Morgan fingerprint density at radius 2 is 2.05 bits per heavy atom. The van der Waals surface area contributed by atoms with Crippen LogP contribution in [0.2, 0.25) is 0 Å². The monoisotopic (exact) mass is 290 g/mol. The lowest BCUT2D eigenvalue weighted by atomic mass is 10.1. The first-order valence-corrected chi connectivity index (χ1v) is 6.65. The van der Waals surface area contributed by atoms with Gasteiger partial charge in [0.05, 0.1) is 0 Å². The van der Waals surface area contributed by atoms with Crippen LogP contribution in [0.4, 0.5) is 4.39 Å². The Labute approximate surface area is 119 Å². The molecule has 1 atom stereocenters. The summed E-state index contributed by atoms with van der Waals surface area (Å²) < 4.78 is 14.5. The van der Waals surface area contributed by atoms with E-state index in [-0.39, 0.29) is 22.6 Å². The number of nitrogens with zero attached hydrogens (tertiary/aromatic N) is 1. The normalized spacial score (nSPS) is 19.5. The van der Waals surface area contributed by atoms with Gasteiger partial charge >= 0.3 is 5.69 Å². The Kier molecular flexibility index (Phi) is 2.79. The number of H-pyrrole nitrogens is 1. The van der Waals surface area contributed by atoms with E-state index < -0.39 is 22.9 Å². The highest BCUT2D eigenvalue weighted by molar-refractivity contribution is 5.67. The Balaban J connectivity index is 2.25. The van der Waals surface area contributed by atoms with Gasteiger partial charge in [-0.2, -0.15) is 0 Å². The number of aromatic hydroxyl groups is 1. The van der Waals surface area contributed by atoms with Crippen LogP contribution in [0.25, 0.3) is 11.1 Å². The number of hydrogen-bond acceptors (Lipinski definition) is 3. The van der Waals surface area contributed by atoms with Gasteiger partial charge in [0.15, 0.2) is 0 Å². The molecular weight excluding hydrogens is 275 g/mol. The van der Waals surface area contributed by atoms with Crippen LogP contribution in [0.1, 0.15) is 26.3 Å². The molecule has 1 aromatic carbocycles. The van der Waals surface area contributed by atoms with Gasteiger partial charge in [0.25, 0.3) is 5.56 Å². The molecule has 0 radical (unpaired) electrons. The maximum Gasteiger partial charge on any atom is 0.331 e. The fourth-order valence-electron chi connectivity index (χ4n) is 2.61. The van der Waals surface area contributed by atoms with E-state index in [1.54, 1.807) is 0 Å². The molecule has 1 aliphatic carbocycles. The van der Waals surface area contributed by atoms with Crippen LogP contribution in [0, 0.1) is 11.2 Å². The summed E-state index contributed by atoms with van der Waals surface area (Å²) in [5.74, 6) is -0.930. The van der Waals surface area contributed by atoms with Gasteiger partial charge < -0.3 is 5.11 Å². The van der Waals surface area contributed by atoms with Crippen LogP contribution in [-0.4, -0.2) is 14.7 Å². The highest BCUT2D eigenvalue weighted by Gasteiger charge is 2.49. The Morgan fingerprint density at radius 3 is 2.62 bits per heavy atom. The van der Waals surface area contributed by atoms with Crippen molar-refractivity contribution in [3.05, 3.63) is 50.9 Å². The molecule has 3 rings (SSSR count). The third kappa shape index (κ3) is 2.16. The predicted octanol–water partition coefficient (Wildman–Crippen LogP) is 2.02. The molecule has 1 saturated carbocycles. The van der Waals surface area contributed by atoms with E-state index in [4.69, 9.17) is 0 Å². The number of halogens is 1. The lowest BCUT2D eigenvalue weighted by molar-refractivity contribution is 0.386. The van der Waals surface area contributed by atoms with Crippen molar-refractivity contribution in [1.29, 1.82) is 0 Å². The minimum absolute atomic E-state index is 0.0863. The molecule has 21 heavy (non-hydrogen) atoms. The average molecular weight is 290 g/mol. The lowest BCUT2D eigenvalue weighted by Gasteiger charge is -2.13. The van der Waals surface area contributed by atoms with E-state index in [2.05, 4.69) is 4.98 Å². The molecular formula is C15H15FN2O3.